The molecule has 0 spiro atoms. The maximum absolute atomic E-state index is 5.69. The van der Waals surface area contributed by atoms with Gasteiger partial charge in [-0.3, -0.25) is 9.88 Å². The lowest BCUT2D eigenvalue weighted by Gasteiger charge is -2.30. The molecule has 4 heteroatoms. The second-order valence-corrected chi connectivity index (χ2v) is 5.80. The molecule has 1 aliphatic rings. The van der Waals surface area contributed by atoms with Crippen molar-refractivity contribution < 1.29 is 4.74 Å². The highest BCUT2D eigenvalue weighted by Crippen LogP contribution is 2.30. The molecule has 1 fully saturated rings. The maximum Gasteiger partial charge on any atom is 0.119 e. The molecule has 1 unspecified atom stereocenters. The van der Waals surface area contributed by atoms with Gasteiger partial charge in [0.15, 0.2) is 0 Å². The van der Waals surface area contributed by atoms with Crippen LogP contribution in [0.25, 0.3) is 0 Å². The Hall–Kier alpha value is -1.91. The zero-order valence-corrected chi connectivity index (χ0v) is 13.7. The van der Waals surface area contributed by atoms with E-state index in [-0.39, 0.29) is 6.04 Å². The molecule has 1 atom stereocenters. The number of rotatable bonds is 5. The van der Waals surface area contributed by atoms with Gasteiger partial charge in [0.05, 0.1) is 18.3 Å². The van der Waals surface area contributed by atoms with Crippen LogP contribution in [0, 0.1) is 0 Å². The Kier molecular flexibility index (Phi) is 5.61. The third-order valence-corrected chi connectivity index (χ3v) is 4.19. The van der Waals surface area contributed by atoms with Crippen molar-refractivity contribution in [1.29, 1.82) is 0 Å². The Labute approximate surface area is 138 Å². The van der Waals surface area contributed by atoms with E-state index < -0.39 is 0 Å². The predicted octanol–water partition coefficient (Wildman–Crippen LogP) is 2.87. The van der Waals surface area contributed by atoms with Crippen LogP contribution in [-0.2, 0) is 0 Å². The molecule has 1 saturated heterocycles. The van der Waals surface area contributed by atoms with E-state index in [1.165, 1.54) is 5.56 Å². The SMILES string of the molecule is CCOc1cccc(C(c2ccccn2)N2CCCNCC2)c1. The number of nitrogens with one attached hydrogen (secondary N) is 1. The smallest absolute Gasteiger partial charge is 0.119 e. The van der Waals surface area contributed by atoms with Crippen molar-refractivity contribution in [1.82, 2.24) is 15.2 Å². The molecule has 122 valence electrons. The molecule has 1 aliphatic heterocycles. The first-order chi connectivity index (χ1) is 11.4. The molecule has 2 aromatic rings. The highest BCUT2D eigenvalue weighted by atomic mass is 16.5. The summed E-state index contributed by atoms with van der Waals surface area (Å²) in [7, 11) is 0. The number of hydrogen-bond donors (Lipinski definition) is 1. The average Bonchev–Trinajstić information content (AvgIpc) is 2.86. The molecule has 1 aromatic carbocycles. The summed E-state index contributed by atoms with van der Waals surface area (Å²) >= 11 is 0. The van der Waals surface area contributed by atoms with Gasteiger partial charge in [-0.25, -0.2) is 0 Å². The fourth-order valence-corrected chi connectivity index (χ4v) is 3.17. The molecule has 0 amide bonds. The molecule has 0 saturated carbocycles. The van der Waals surface area contributed by atoms with Crippen molar-refractivity contribution in [3.63, 3.8) is 0 Å². The van der Waals surface area contributed by atoms with Crippen LogP contribution in [0.3, 0.4) is 0 Å². The molecular weight excluding hydrogens is 286 g/mol. The Morgan fingerprint density at radius 2 is 2.13 bits per heavy atom. The first kappa shape index (κ1) is 16.0. The topological polar surface area (TPSA) is 37.4 Å². The standard InChI is InChI=1S/C19H25N3O/c1-2-23-17-8-5-7-16(15-17)19(18-9-3-4-11-21-18)22-13-6-10-20-12-14-22/h3-5,7-9,11,15,19-20H,2,6,10,12-14H2,1H3. The van der Waals surface area contributed by atoms with Crippen LogP contribution in [0.15, 0.2) is 48.7 Å². The summed E-state index contributed by atoms with van der Waals surface area (Å²) < 4.78 is 5.69. The third-order valence-electron chi connectivity index (χ3n) is 4.19. The second kappa shape index (κ2) is 8.09. The minimum Gasteiger partial charge on any atom is -0.494 e. The van der Waals surface area contributed by atoms with Crippen molar-refractivity contribution in [2.24, 2.45) is 0 Å². The van der Waals surface area contributed by atoms with Crippen molar-refractivity contribution in [3.05, 3.63) is 59.9 Å². The van der Waals surface area contributed by atoms with E-state index >= 15 is 0 Å². The van der Waals surface area contributed by atoms with Gasteiger partial charge in [0.2, 0.25) is 0 Å². The van der Waals surface area contributed by atoms with Gasteiger partial charge >= 0.3 is 0 Å². The van der Waals surface area contributed by atoms with Gasteiger partial charge in [-0.15, -0.1) is 0 Å². The molecule has 1 aromatic heterocycles. The van der Waals surface area contributed by atoms with Crippen LogP contribution in [0.1, 0.15) is 30.6 Å². The lowest BCUT2D eigenvalue weighted by Crippen LogP contribution is -2.33. The summed E-state index contributed by atoms with van der Waals surface area (Å²) in [4.78, 5) is 7.16. The molecule has 0 radical (unpaired) electrons. The minimum atomic E-state index is 0.177. The highest BCUT2D eigenvalue weighted by molar-refractivity contribution is 5.35. The van der Waals surface area contributed by atoms with Gasteiger partial charge in [-0.1, -0.05) is 18.2 Å². The van der Waals surface area contributed by atoms with Crippen LogP contribution < -0.4 is 10.1 Å². The summed E-state index contributed by atoms with van der Waals surface area (Å²) in [6, 6.07) is 14.8. The maximum atomic E-state index is 5.69. The molecule has 0 bridgehead atoms. The van der Waals surface area contributed by atoms with Crippen molar-refractivity contribution >= 4 is 0 Å². The largest absolute Gasteiger partial charge is 0.494 e. The monoisotopic (exact) mass is 311 g/mol. The number of ether oxygens (including phenoxy) is 1. The Morgan fingerprint density at radius 1 is 1.17 bits per heavy atom. The minimum absolute atomic E-state index is 0.177. The summed E-state index contributed by atoms with van der Waals surface area (Å²) in [6.45, 7) is 6.92. The first-order valence-electron chi connectivity index (χ1n) is 8.47. The molecule has 0 aliphatic carbocycles. The fraction of sp³-hybridized carbons (Fsp3) is 0.421. The van der Waals surface area contributed by atoms with Crippen LogP contribution in [-0.4, -0.2) is 42.7 Å². The van der Waals surface area contributed by atoms with Gasteiger partial charge in [0, 0.05) is 25.8 Å². The van der Waals surface area contributed by atoms with Crippen LogP contribution in [0.4, 0.5) is 0 Å². The van der Waals surface area contributed by atoms with Crippen LogP contribution in [0.2, 0.25) is 0 Å². The van der Waals surface area contributed by atoms with Crippen molar-refractivity contribution in [2.45, 2.75) is 19.4 Å². The lowest BCUT2D eigenvalue weighted by molar-refractivity contribution is 0.236. The molecule has 1 N–H and O–H groups in total. The van der Waals surface area contributed by atoms with Gasteiger partial charge in [-0.2, -0.15) is 0 Å². The summed E-state index contributed by atoms with van der Waals surface area (Å²) in [5.74, 6) is 0.930. The normalized spacial score (nSPS) is 17.4. The Morgan fingerprint density at radius 3 is 2.96 bits per heavy atom. The van der Waals surface area contributed by atoms with Crippen molar-refractivity contribution in [2.75, 3.05) is 32.8 Å². The zero-order chi connectivity index (χ0) is 15.9. The zero-order valence-electron chi connectivity index (χ0n) is 13.7. The molecule has 4 nitrogen and oxygen atoms in total. The van der Waals surface area contributed by atoms with E-state index in [2.05, 4.69) is 45.5 Å². The third kappa shape index (κ3) is 4.09. The Bertz CT molecular complexity index is 595. The molecule has 2 heterocycles. The summed E-state index contributed by atoms with van der Waals surface area (Å²) in [6.07, 6.45) is 3.04. The number of pyridine rings is 1. The molecule has 23 heavy (non-hydrogen) atoms. The van der Waals surface area contributed by atoms with Gasteiger partial charge in [-0.05, 0) is 49.7 Å². The number of nitrogens with zero attached hydrogens (tertiary/aromatic N) is 2. The van der Waals surface area contributed by atoms with Gasteiger partial charge < -0.3 is 10.1 Å². The highest BCUT2D eigenvalue weighted by Gasteiger charge is 2.24. The van der Waals surface area contributed by atoms with E-state index in [9.17, 15) is 0 Å². The van der Waals surface area contributed by atoms with Gasteiger partial charge in [0.25, 0.3) is 0 Å². The van der Waals surface area contributed by atoms with Crippen molar-refractivity contribution in [3.8, 4) is 5.75 Å². The molecular formula is C19H25N3O. The molecule has 3 rings (SSSR count). The second-order valence-electron chi connectivity index (χ2n) is 5.80. The summed E-state index contributed by atoms with van der Waals surface area (Å²) in [5.41, 5.74) is 2.35. The summed E-state index contributed by atoms with van der Waals surface area (Å²) in [5, 5.41) is 3.48. The van der Waals surface area contributed by atoms with E-state index in [1.54, 1.807) is 0 Å². The number of benzene rings is 1. The van der Waals surface area contributed by atoms with Gasteiger partial charge in [0.1, 0.15) is 5.75 Å². The predicted molar refractivity (Wildman–Crippen MR) is 92.8 cm³/mol. The first-order valence-corrected chi connectivity index (χ1v) is 8.47. The van der Waals surface area contributed by atoms with E-state index in [1.807, 2.05) is 25.3 Å². The Balaban J connectivity index is 1.95. The van der Waals surface area contributed by atoms with Crippen LogP contribution in [0.5, 0.6) is 5.75 Å². The average molecular weight is 311 g/mol. The quantitative estimate of drug-likeness (QED) is 0.921. The van der Waals surface area contributed by atoms with Crippen LogP contribution >= 0.6 is 0 Å². The van der Waals surface area contributed by atoms with E-state index in [4.69, 9.17) is 4.74 Å². The number of hydrogen-bond acceptors (Lipinski definition) is 4. The fourth-order valence-electron chi connectivity index (χ4n) is 3.17. The van der Waals surface area contributed by atoms with E-state index in [0.717, 1.165) is 44.0 Å². The van der Waals surface area contributed by atoms with E-state index in [0.29, 0.717) is 6.61 Å². The number of aromatic nitrogens is 1. The lowest BCUT2D eigenvalue weighted by atomic mass is 10.0.